The molecule has 0 bridgehead atoms. The second kappa shape index (κ2) is 8.36. The molecule has 7 heteroatoms. The van der Waals surface area contributed by atoms with Gasteiger partial charge in [-0.15, -0.1) is 0 Å². The number of aliphatic hydroxyl groups is 1. The summed E-state index contributed by atoms with van der Waals surface area (Å²) in [6.07, 6.45) is -2.98. The molecule has 4 nitrogen and oxygen atoms in total. The Balaban J connectivity index is 1.65. The first-order valence-corrected chi connectivity index (χ1v) is 7.32. The zero-order chi connectivity index (χ0) is 15.9. The second-order valence-electron chi connectivity index (χ2n) is 5.41. The molecular weight excluding hydrogens is 297 g/mol. The van der Waals surface area contributed by atoms with Crippen molar-refractivity contribution in [2.45, 2.75) is 12.5 Å². The first-order valence-electron chi connectivity index (χ1n) is 7.32. The van der Waals surface area contributed by atoms with E-state index < -0.39 is 12.5 Å². The summed E-state index contributed by atoms with van der Waals surface area (Å²) in [5.41, 5.74) is 0. The monoisotopic (exact) mass is 318 g/mol. The van der Waals surface area contributed by atoms with Gasteiger partial charge in [0, 0.05) is 32.7 Å². The van der Waals surface area contributed by atoms with Gasteiger partial charge in [0.15, 0.2) is 0 Å². The van der Waals surface area contributed by atoms with E-state index in [1.165, 1.54) is 24.3 Å². The molecule has 1 unspecified atom stereocenters. The van der Waals surface area contributed by atoms with Gasteiger partial charge in [-0.3, -0.25) is 9.80 Å². The summed E-state index contributed by atoms with van der Waals surface area (Å²) >= 11 is 0. The summed E-state index contributed by atoms with van der Waals surface area (Å²) in [5.74, 6) is 0.164. The highest BCUT2D eigenvalue weighted by Gasteiger charge is 2.21. The molecule has 1 aromatic carbocycles. The van der Waals surface area contributed by atoms with Crippen molar-refractivity contribution >= 4 is 0 Å². The molecule has 22 heavy (non-hydrogen) atoms. The van der Waals surface area contributed by atoms with Crippen molar-refractivity contribution < 1.29 is 23.0 Å². The number of halogens is 3. The predicted octanol–water partition coefficient (Wildman–Crippen LogP) is 1.45. The summed E-state index contributed by atoms with van der Waals surface area (Å²) in [7, 11) is 0. The first-order chi connectivity index (χ1) is 10.5. The number of rotatable bonds is 7. The zero-order valence-electron chi connectivity index (χ0n) is 12.3. The van der Waals surface area contributed by atoms with E-state index in [0.29, 0.717) is 38.5 Å². The molecule has 0 radical (unpaired) electrons. The number of ether oxygens (including phenoxy) is 1. The maximum Gasteiger partial charge on any atom is 0.251 e. The number of nitrogens with zero attached hydrogens (tertiary/aromatic N) is 2. The van der Waals surface area contributed by atoms with Crippen LogP contribution in [-0.2, 0) is 0 Å². The van der Waals surface area contributed by atoms with Crippen LogP contribution in [0.4, 0.5) is 13.2 Å². The fourth-order valence-electron chi connectivity index (χ4n) is 2.42. The summed E-state index contributed by atoms with van der Waals surface area (Å²) in [4.78, 5) is 3.75. The van der Waals surface area contributed by atoms with E-state index in [1.807, 2.05) is 4.90 Å². The summed E-state index contributed by atoms with van der Waals surface area (Å²) in [5, 5.41) is 9.95. The Morgan fingerprint density at radius 3 is 2.09 bits per heavy atom. The summed E-state index contributed by atoms with van der Waals surface area (Å²) in [6.45, 7) is 2.82. The van der Waals surface area contributed by atoms with Gasteiger partial charge in [0.2, 0.25) is 0 Å². The van der Waals surface area contributed by atoms with Gasteiger partial charge in [-0.1, -0.05) is 0 Å². The molecule has 1 aromatic rings. The molecule has 124 valence electrons. The molecule has 0 spiro atoms. The van der Waals surface area contributed by atoms with Crippen molar-refractivity contribution in [3.05, 3.63) is 30.1 Å². The van der Waals surface area contributed by atoms with Gasteiger partial charge >= 0.3 is 0 Å². The third-order valence-electron chi connectivity index (χ3n) is 3.59. The molecule has 1 heterocycles. The maximum atomic E-state index is 12.7. The lowest BCUT2D eigenvalue weighted by atomic mass is 10.2. The molecule has 1 aliphatic heterocycles. The van der Waals surface area contributed by atoms with Crippen molar-refractivity contribution in [1.29, 1.82) is 0 Å². The number of hydrogen-bond donors (Lipinski definition) is 1. The van der Waals surface area contributed by atoms with Crippen LogP contribution >= 0.6 is 0 Å². The van der Waals surface area contributed by atoms with E-state index in [-0.39, 0.29) is 19.0 Å². The minimum atomic E-state index is -2.30. The topological polar surface area (TPSA) is 35.9 Å². The molecule has 1 N–H and O–H groups in total. The number of β-amino-alcohol motifs (C(OH)–C–C–N with tert-alkyl or cyclic N) is 1. The molecule has 1 atom stereocenters. The Bertz CT molecular complexity index is 437. The standard InChI is InChI=1S/C15H21F3N2O2/c16-12-1-3-14(4-2-12)22-11-13(21)9-19-5-7-20(8-6-19)10-15(17)18/h1-4,13,15,21H,5-11H2. The van der Waals surface area contributed by atoms with E-state index in [1.54, 1.807) is 4.90 Å². The fraction of sp³-hybridized carbons (Fsp3) is 0.600. The number of alkyl halides is 2. The van der Waals surface area contributed by atoms with Gasteiger partial charge in [0.25, 0.3) is 6.43 Å². The van der Waals surface area contributed by atoms with Gasteiger partial charge in [-0.2, -0.15) is 0 Å². The van der Waals surface area contributed by atoms with E-state index in [4.69, 9.17) is 4.74 Å². The zero-order valence-corrected chi connectivity index (χ0v) is 12.3. The Labute approximate surface area is 128 Å². The van der Waals surface area contributed by atoms with Crippen LogP contribution < -0.4 is 4.74 Å². The van der Waals surface area contributed by atoms with Crippen LogP contribution in [0.3, 0.4) is 0 Å². The molecule has 0 aliphatic carbocycles. The van der Waals surface area contributed by atoms with Crippen LogP contribution in [0.25, 0.3) is 0 Å². The lowest BCUT2D eigenvalue weighted by Crippen LogP contribution is -2.50. The van der Waals surface area contributed by atoms with E-state index in [0.717, 1.165) is 0 Å². The largest absolute Gasteiger partial charge is 0.491 e. The average Bonchev–Trinajstić information content (AvgIpc) is 2.48. The SMILES string of the molecule is OC(COc1ccc(F)cc1)CN1CCN(CC(F)F)CC1. The predicted molar refractivity (Wildman–Crippen MR) is 76.8 cm³/mol. The van der Waals surface area contributed by atoms with Gasteiger partial charge in [-0.25, -0.2) is 13.2 Å². The molecule has 0 saturated carbocycles. The minimum Gasteiger partial charge on any atom is -0.491 e. The number of hydrogen-bond acceptors (Lipinski definition) is 4. The van der Waals surface area contributed by atoms with E-state index in [9.17, 15) is 18.3 Å². The van der Waals surface area contributed by atoms with Crippen molar-refractivity contribution in [2.75, 3.05) is 45.9 Å². The highest BCUT2D eigenvalue weighted by molar-refractivity contribution is 5.22. The Morgan fingerprint density at radius 1 is 1.00 bits per heavy atom. The lowest BCUT2D eigenvalue weighted by Gasteiger charge is -2.35. The van der Waals surface area contributed by atoms with Crippen molar-refractivity contribution in [1.82, 2.24) is 9.80 Å². The highest BCUT2D eigenvalue weighted by Crippen LogP contribution is 2.12. The molecule has 0 amide bonds. The van der Waals surface area contributed by atoms with Crippen LogP contribution in [0.15, 0.2) is 24.3 Å². The molecule has 1 fully saturated rings. The smallest absolute Gasteiger partial charge is 0.251 e. The van der Waals surface area contributed by atoms with Gasteiger partial charge in [-0.05, 0) is 24.3 Å². The van der Waals surface area contributed by atoms with Crippen LogP contribution in [0, 0.1) is 5.82 Å². The quantitative estimate of drug-likeness (QED) is 0.825. The average molecular weight is 318 g/mol. The Morgan fingerprint density at radius 2 is 1.55 bits per heavy atom. The number of benzene rings is 1. The highest BCUT2D eigenvalue weighted by atomic mass is 19.3. The van der Waals surface area contributed by atoms with Crippen molar-refractivity contribution in [2.24, 2.45) is 0 Å². The maximum absolute atomic E-state index is 12.7. The van der Waals surface area contributed by atoms with Crippen LogP contribution in [-0.4, -0.2) is 73.3 Å². The number of piperazine rings is 1. The molecule has 1 aliphatic rings. The molecule has 0 aromatic heterocycles. The normalized spacial score (nSPS) is 18.6. The van der Waals surface area contributed by atoms with Crippen LogP contribution in [0.2, 0.25) is 0 Å². The third kappa shape index (κ3) is 5.82. The molecule has 1 saturated heterocycles. The Kier molecular flexibility index (Phi) is 6.48. The van der Waals surface area contributed by atoms with Crippen LogP contribution in [0.1, 0.15) is 0 Å². The van der Waals surface area contributed by atoms with Crippen LogP contribution in [0.5, 0.6) is 5.75 Å². The van der Waals surface area contributed by atoms with Crippen molar-refractivity contribution in [3.63, 3.8) is 0 Å². The molecular formula is C15H21F3N2O2. The third-order valence-corrected chi connectivity index (χ3v) is 3.59. The van der Waals surface area contributed by atoms with E-state index >= 15 is 0 Å². The molecule has 2 rings (SSSR count). The van der Waals surface area contributed by atoms with Gasteiger partial charge < -0.3 is 9.84 Å². The van der Waals surface area contributed by atoms with Gasteiger partial charge in [0.05, 0.1) is 6.54 Å². The van der Waals surface area contributed by atoms with Gasteiger partial charge in [0.1, 0.15) is 24.3 Å². The summed E-state index contributed by atoms with van der Waals surface area (Å²) in [6, 6.07) is 5.60. The fourth-order valence-corrected chi connectivity index (χ4v) is 2.42. The van der Waals surface area contributed by atoms with Crippen molar-refractivity contribution in [3.8, 4) is 5.75 Å². The second-order valence-corrected chi connectivity index (χ2v) is 5.41. The van der Waals surface area contributed by atoms with E-state index in [2.05, 4.69) is 0 Å². The first kappa shape index (κ1) is 17.1. The Hall–Kier alpha value is -1.31. The lowest BCUT2D eigenvalue weighted by molar-refractivity contribution is 0.0270. The minimum absolute atomic E-state index is 0.114. The summed E-state index contributed by atoms with van der Waals surface area (Å²) < 4.78 is 42.7. The number of aliphatic hydroxyl groups excluding tert-OH is 1.